The fraction of sp³-hybridized carbons (Fsp3) is 0.619. The number of hydrogen-bond donors (Lipinski definition) is 0. The van der Waals surface area contributed by atoms with Crippen LogP contribution in [0.2, 0.25) is 0 Å². The summed E-state index contributed by atoms with van der Waals surface area (Å²) in [6.07, 6.45) is 5.33. The zero-order chi connectivity index (χ0) is 20.4. The van der Waals surface area contributed by atoms with Crippen molar-refractivity contribution in [3.8, 4) is 6.07 Å². The van der Waals surface area contributed by atoms with Crippen LogP contribution in [0.4, 0.5) is 0 Å². The van der Waals surface area contributed by atoms with Crippen LogP contribution in [0.25, 0.3) is 5.65 Å². The van der Waals surface area contributed by atoms with E-state index in [0.717, 1.165) is 62.7 Å². The minimum Gasteiger partial charge on any atom is -0.377 e. The molecule has 2 aromatic heterocycles. The Balaban J connectivity index is 1.33. The van der Waals surface area contributed by atoms with Gasteiger partial charge >= 0.3 is 0 Å². The number of nitrogens with zero attached hydrogens (tertiary/aromatic N) is 6. The maximum absolute atomic E-state index is 12.8. The molecule has 2 saturated heterocycles. The zero-order valence-corrected chi connectivity index (χ0v) is 17.2. The molecule has 0 spiro atoms. The first kappa shape index (κ1) is 19.8. The molecular formula is C21H28N6O2. The van der Waals surface area contributed by atoms with Gasteiger partial charge in [-0.15, -0.1) is 0 Å². The van der Waals surface area contributed by atoms with E-state index in [-0.39, 0.29) is 5.91 Å². The molecule has 2 aromatic rings. The van der Waals surface area contributed by atoms with Crippen LogP contribution in [0.3, 0.4) is 0 Å². The molecular weight excluding hydrogens is 368 g/mol. The highest BCUT2D eigenvalue weighted by molar-refractivity contribution is 5.76. The largest absolute Gasteiger partial charge is 0.377 e. The van der Waals surface area contributed by atoms with E-state index in [1.54, 1.807) is 10.7 Å². The van der Waals surface area contributed by atoms with Crippen LogP contribution < -0.4 is 0 Å². The SMILES string of the molecule is Cc1nc2c(C#N)cnn2c(C)c1CCC(=O)N1CCN(CC2CCCO2)CC1. The van der Waals surface area contributed by atoms with Gasteiger partial charge in [0.1, 0.15) is 11.6 Å². The molecule has 0 saturated carbocycles. The molecule has 29 heavy (non-hydrogen) atoms. The van der Waals surface area contributed by atoms with Crippen molar-refractivity contribution < 1.29 is 9.53 Å². The Labute approximate surface area is 171 Å². The second-order valence-corrected chi connectivity index (χ2v) is 7.98. The summed E-state index contributed by atoms with van der Waals surface area (Å²) in [7, 11) is 0. The Hall–Kier alpha value is -2.50. The number of nitriles is 1. The molecule has 0 aromatic carbocycles. The third-order valence-electron chi connectivity index (χ3n) is 6.13. The van der Waals surface area contributed by atoms with Gasteiger partial charge in [0.2, 0.25) is 5.91 Å². The van der Waals surface area contributed by atoms with Gasteiger partial charge in [-0.1, -0.05) is 0 Å². The van der Waals surface area contributed by atoms with E-state index in [4.69, 9.17) is 4.74 Å². The van der Waals surface area contributed by atoms with Crippen molar-refractivity contribution in [2.45, 2.75) is 45.6 Å². The van der Waals surface area contributed by atoms with E-state index in [1.807, 2.05) is 18.7 Å². The molecule has 0 bridgehead atoms. The molecule has 1 atom stereocenters. The predicted molar refractivity (Wildman–Crippen MR) is 107 cm³/mol. The summed E-state index contributed by atoms with van der Waals surface area (Å²) >= 11 is 0. The van der Waals surface area contributed by atoms with Crippen molar-refractivity contribution in [2.24, 2.45) is 0 Å². The molecule has 8 nitrogen and oxygen atoms in total. The minimum absolute atomic E-state index is 0.193. The van der Waals surface area contributed by atoms with Gasteiger partial charge < -0.3 is 9.64 Å². The molecule has 0 aliphatic carbocycles. The smallest absolute Gasteiger partial charge is 0.222 e. The lowest BCUT2D eigenvalue weighted by Gasteiger charge is -2.35. The number of amides is 1. The van der Waals surface area contributed by atoms with Crippen LogP contribution in [0.15, 0.2) is 6.20 Å². The number of aryl methyl sites for hydroxylation is 2. The average Bonchev–Trinajstić information content (AvgIpc) is 3.37. The maximum Gasteiger partial charge on any atom is 0.222 e. The first-order valence-electron chi connectivity index (χ1n) is 10.4. The highest BCUT2D eigenvalue weighted by Crippen LogP contribution is 2.19. The van der Waals surface area contributed by atoms with E-state index in [2.05, 4.69) is 21.1 Å². The Morgan fingerprint density at radius 2 is 2.10 bits per heavy atom. The molecule has 2 fully saturated rings. The van der Waals surface area contributed by atoms with Crippen molar-refractivity contribution in [2.75, 3.05) is 39.3 Å². The Bertz CT molecular complexity index is 933. The number of carbonyl (C=O) groups excluding carboxylic acids is 1. The van der Waals surface area contributed by atoms with Crippen molar-refractivity contribution in [3.05, 3.63) is 28.7 Å². The highest BCUT2D eigenvalue weighted by Gasteiger charge is 2.25. The fourth-order valence-electron chi connectivity index (χ4n) is 4.40. The number of fused-ring (bicyclic) bond motifs is 1. The summed E-state index contributed by atoms with van der Waals surface area (Å²) in [5, 5.41) is 13.5. The third-order valence-corrected chi connectivity index (χ3v) is 6.13. The summed E-state index contributed by atoms with van der Waals surface area (Å²) in [4.78, 5) is 21.7. The number of piperazine rings is 1. The first-order chi connectivity index (χ1) is 14.1. The molecule has 4 rings (SSSR count). The quantitative estimate of drug-likeness (QED) is 0.761. The van der Waals surface area contributed by atoms with E-state index in [0.29, 0.717) is 30.2 Å². The number of carbonyl (C=O) groups is 1. The van der Waals surface area contributed by atoms with Crippen molar-refractivity contribution >= 4 is 11.6 Å². The molecule has 0 N–H and O–H groups in total. The normalized spacial score (nSPS) is 20.3. The third kappa shape index (κ3) is 4.11. The van der Waals surface area contributed by atoms with Crippen LogP contribution in [0, 0.1) is 25.2 Å². The lowest BCUT2D eigenvalue weighted by Crippen LogP contribution is -2.50. The molecule has 154 valence electrons. The Morgan fingerprint density at radius 1 is 1.31 bits per heavy atom. The monoisotopic (exact) mass is 396 g/mol. The second-order valence-electron chi connectivity index (χ2n) is 7.98. The fourth-order valence-corrected chi connectivity index (χ4v) is 4.40. The summed E-state index contributed by atoms with van der Waals surface area (Å²) in [6, 6.07) is 2.12. The number of aromatic nitrogens is 3. The van der Waals surface area contributed by atoms with Gasteiger partial charge in [0.15, 0.2) is 5.65 Å². The molecule has 2 aliphatic rings. The minimum atomic E-state index is 0.193. The van der Waals surface area contributed by atoms with Crippen LogP contribution in [-0.2, 0) is 16.0 Å². The molecule has 8 heteroatoms. The highest BCUT2D eigenvalue weighted by atomic mass is 16.5. The van der Waals surface area contributed by atoms with Gasteiger partial charge in [0.05, 0.1) is 12.3 Å². The van der Waals surface area contributed by atoms with Crippen molar-refractivity contribution in [3.63, 3.8) is 0 Å². The van der Waals surface area contributed by atoms with Gasteiger partial charge in [-0.25, -0.2) is 9.50 Å². The predicted octanol–water partition coefficient (Wildman–Crippen LogP) is 1.47. The standard InChI is InChI=1S/C21H28N6O2/c1-15-19(16(2)27-21(24-15)17(12-22)13-23-27)5-6-20(28)26-9-7-25(8-10-26)14-18-4-3-11-29-18/h13,18H,3-11,14H2,1-2H3. The van der Waals surface area contributed by atoms with E-state index in [1.165, 1.54) is 6.42 Å². The summed E-state index contributed by atoms with van der Waals surface area (Å²) in [5.41, 5.74) is 3.90. The summed E-state index contributed by atoms with van der Waals surface area (Å²) < 4.78 is 7.43. The van der Waals surface area contributed by atoms with Gasteiger partial charge in [0, 0.05) is 57.1 Å². The Morgan fingerprint density at radius 3 is 2.79 bits per heavy atom. The van der Waals surface area contributed by atoms with Crippen LogP contribution >= 0.6 is 0 Å². The topological polar surface area (TPSA) is 86.8 Å². The average molecular weight is 396 g/mol. The second kappa shape index (κ2) is 8.47. The zero-order valence-electron chi connectivity index (χ0n) is 17.2. The lowest BCUT2D eigenvalue weighted by atomic mass is 10.1. The van der Waals surface area contributed by atoms with Gasteiger partial charge in [-0.3, -0.25) is 9.69 Å². The molecule has 0 radical (unpaired) electrons. The van der Waals surface area contributed by atoms with E-state index in [9.17, 15) is 10.1 Å². The van der Waals surface area contributed by atoms with E-state index >= 15 is 0 Å². The van der Waals surface area contributed by atoms with Gasteiger partial charge in [-0.2, -0.15) is 10.4 Å². The van der Waals surface area contributed by atoms with E-state index < -0.39 is 0 Å². The number of hydrogen-bond acceptors (Lipinski definition) is 6. The molecule has 2 aliphatic heterocycles. The maximum atomic E-state index is 12.8. The molecule has 1 unspecified atom stereocenters. The summed E-state index contributed by atoms with van der Waals surface area (Å²) in [5.74, 6) is 0.193. The van der Waals surface area contributed by atoms with Crippen LogP contribution in [0.1, 0.15) is 41.8 Å². The first-order valence-corrected chi connectivity index (χ1v) is 10.4. The van der Waals surface area contributed by atoms with Gasteiger partial charge in [-0.05, 0) is 38.7 Å². The van der Waals surface area contributed by atoms with Gasteiger partial charge in [0.25, 0.3) is 0 Å². The van der Waals surface area contributed by atoms with Crippen molar-refractivity contribution in [1.82, 2.24) is 24.4 Å². The lowest BCUT2D eigenvalue weighted by molar-refractivity contribution is -0.133. The molecule has 4 heterocycles. The Kier molecular flexibility index (Phi) is 5.79. The van der Waals surface area contributed by atoms with Crippen LogP contribution in [0.5, 0.6) is 0 Å². The summed E-state index contributed by atoms with van der Waals surface area (Å²) in [6.45, 7) is 9.18. The van der Waals surface area contributed by atoms with Crippen molar-refractivity contribution in [1.29, 1.82) is 5.26 Å². The van der Waals surface area contributed by atoms with Crippen LogP contribution in [-0.4, -0.2) is 75.7 Å². The molecule has 1 amide bonds. The number of rotatable bonds is 5. The number of ether oxygens (including phenoxy) is 1.